The van der Waals surface area contributed by atoms with E-state index in [-0.39, 0.29) is 5.91 Å². The van der Waals surface area contributed by atoms with Crippen LogP contribution >= 0.6 is 0 Å². The lowest BCUT2D eigenvalue weighted by Gasteiger charge is -2.33. The van der Waals surface area contributed by atoms with Gasteiger partial charge >= 0.3 is 0 Å². The number of amides is 1. The lowest BCUT2D eigenvalue weighted by molar-refractivity contribution is -0.118. The van der Waals surface area contributed by atoms with Gasteiger partial charge in [0.15, 0.2) is 0 Å². The van der Waals surface area contributed by atoms with Crippen LogP contribution in [0.25, 0.3) is 0 Å². The Morgan fingerprint density at radius 3 is 2.75 bits per heavy atom. The molecule has 0 bridgehead atoms. The zero-order valence-corrected chi connectivity index (χ0v) is 14.8. The Morgan fingerprint density at radius 1 is 1.33 bits per heavy atom. The van der Waals surface area contributed by atoms with Gasteiger partial charge in [0.05, 0.1) is 5.92 Å². The maximum atomic E-state index is 11.9. The second-order valence-corrected chi connectivity index (χ2v) is 6.47. The number of rotatable bonds is 9. The third-order valence-corrected chi connectivity index (χ3v) is 4.68. The van der Waals surface area contributed by atoms with Crippen molar-refractivity contribution in [1.29, 1.82) is 0 Å². The highest BCUT2D eigenvalue weighted by atomic mass is 16.1. The highest BCUT2D eigenvalue weighted by molar-refractivity contribution is 5.95. The first-order valence-electron chi connectivity index (χ1n) is 9.14. The van der Waals surface area contributed by atoms with E-state index in [0.29, 0.717) is 6.04 Å². The van der Waals surface area contributed by atoms with Crippen LogP contribution < -0.4 is 5.32 Å². The van der Waals surface area contributed by atoms with E-state index in [0.717, 1.165) is 56.8 Å². The molecule has 5 radical (unpaired) electrons. The molecule has 0 unspecified atom stereocenters. The van der Waals surface area contributed by atoms with Crippen LogP contribution in [-0.4, -0.2) is 36.5 Å². The Hall–Kier alpha value is -1.27. The Bertz CT molecular complexity index is 457. The van der Waals surface area contributed by atoms with E-state index < -0.39 is 0 Å². The molecule has 2 aliphatic rings. The first kappa shape index (κ1) is 19.1. The summed E-state index contributed by atoms with van der Waals surface area (Å²) < 4.78 is 0. The third-order valence-electron chi connectivity index (χ3n) is 4.68. The fourth-order valence-corrected chi connectivity index (χ4v) is 3.32. The van der Waals surface area contributed by atoms with Crippen LogP contribution in [-0.2, 0) is 4.79 Å². The third kappa shape index (κ3) is 5.98. The molecular formula is C21H29N2O. The highest BCUT2D eigenvalue weighted by Gasteiger charge is 2.24. The molecule has 1 amide bonds. The molecule has 0 aliphatic heterocycles. The van der Waals surface area contributed by atoms with Crippen molar-refractivity contribution in [2.24, 2.45) is 0 Å². The zero-order chi connectivity index (χ0) is 17.2. The number of allylic oxidation sites excluding steroid dienone is 1. The molecular weight excluding hydrogens is 296 g/mol. The minimum Gasteiger partial charge on any atom is -0.356 e. The van der Waals surface area contributed by atoms with E-state index in [1.165, 1.54) is 12.8 Å². The van der Waals surface area contributed by atoms with Gasteiger partial charge in [-0.3, -0.25) is 4.79 Å². The molecule has 0 aromatic rings. The van der Waals surface area contributed by atoms with Crippen LogP contribution in [0.5, 0.6) is 0 Å². The summed E-state index contributed by atoms with van der Waals surface area (Å²) in [7, 11) is 0. The van der Waals surface area contributed by atoms with Gasteiger partial charge in [-0.25, -0.2) is 0 Å². The summed E-state index contributed by atoms with van der Waals surface area (Å²) in [6.07, 6.45) is 21.8. The zero-order valence-electron chi connectivity index (χ0n) is 14.8. The van der Waals surface area contributed by atoms with Gasteiger partial charge in [0.1, 0.15) is 0 Å². The number of carbonyl (C=O) groups excluding carboxylic acids is 1. The van der Waals surface area contributed by atoms with Crippen LogP contribution in [0.1, 0.15) is 45.4 Å². The van der Waals surface area contributed by atoms with Gasteiger partial charge in [-0.2, -0.15) is 0 Å². The summed E-state index contributed by atoms with van der Waals surface area (Å²) >= 11 is 0. The lowest BCUT2D eigenvalue weighted by atomic mass is 9.94. The molecule has 1 fully saturated rings. The van der Waals surface area contributed by atoms with Crippen molar-refractivity contribution >= 4 is 5.91 Å². The molecule has 0 aromatic carbocycles. The Kier molecular flexibility index (Phi) is 8.39. The SMILES string of the molecule is C#CC1=CC[C@H](N(CCC)CCCCNC(=O)[C]2[CH][CH][CH][CH]2)CC1. The summed E-state index contributed by atoms with van der Waals surface area (Å²) in [5.41, 5.74) is 1.16. The molecule has 1 atom stereocenters. The first-order valence-corrected chi connectivity index (χ1v) is 9.14. The summed E-state index contributed by atoms with van der Waals surface area (Å²) in [6, 6.07) is 0.626. The van der Waals surface area contributed by atoms with Gasteiger partial charge in [-0.1, -0.05) is 18.9 Å². The number of carbonyl (C=O) groups is 1. The molecule has 3 heteroatoms. The Morgan fingerprint density at radius 2 is 2.12 bits per heavy atom. The summed E-state index contributed by atoms with van der Waals surface area (Å²) in [5.74, 6) is 3.56. The van der Waals surface area contributed by atoms with Gasteiger partial charge < -0.3 is 10.2 Å². The van der Waals surface area contributed by atoms with Crippen LogP contribution in [0.3, 0.4) is 0 Å². The molecule has 1 saturated carbocycles. The number of hydrogen-bond acceptors (Lipinski definition) is 2. The minimum absolute atomic E-state index is 0.0321. The standard InChI is InChI=1S/C21H29N2O/c1-3-16-23(20-13-11-18(4-2)12-14-20)17-8-7-15-22-21(24)19-9-5-6-10-19/h2,5-6,9-11,20H,3,7-8,12-17H2,1H3,(H,22,24)/t20-/m0/s1. The fourth-order valence-electron chi connectivity index (χ4n) is 3.32. The molecule has 0 heterocycles. The van der Waals surface area contributed by atoms with Gasteiger partial charge in [-0.05, 0) is 82.9 Å². The van der Waals surface area contributed by atoms with Crippen LogP contribution in [0.4, 0.5) is 0 Å². The monoisotopic (exact) mass is 325 g/mol. The van der Waals surface area contributed by atoms with Crippen LogP contribution in [0, 0.1) is 43.9 Å². The van der Waals surface area contributed by atoms with Crippen molar-refractivity contribution in [2.45, 2.75) is 51.5 Å². The summed E-state index contributed by atoms with van der Waals surface area (Å²) in [6.45, 7) is 5.22. The summed E-state index contributed by atoms with van der Waals surface area (Å²) in [4.78, 5) is 14.5. The van der Waals surface area contributed by atoms with Crippen molar-refractivity contribution in [1.82, 2.24) is 10.2 Å². The number of hydrogen-bond donors (Lipinski definition) is 1. The van der Waals surface area contributed by atoms with Crippen molar-refractivity contribution in [3.05, 3.63) is 43.3 Å². The molecule has 129 valence electrons. The van der Waals surface area contributed by atoms with Gasteiger partial charge in [0.2, 0.25) is 5.91 Å². The van der Waals surface area contributed by atoms with Crippen molar-refractivity contribution in [3.63, 3.8) is 0 Å². The quantitative estimate of drug-likeness (QED) is 0.522. The molecule has 3 nitrogen and oxygen atoms in total. The average Bonchev–Trinajstić information content (AvgIpc) is 3.15. The smallest absolute Gasteiger partial charge is 0.227 e. The van der Waals surface area contributed by atoms with E-state index in [2.05, 4.69) is 29.1 Å². The predicted molar refractivity (Wildman–Crippen MR) is 99.1 cm³/mol. The molecule has 1 N–H and O–H groups in total. The molecule has 0 aromatic heterocycles. The number of terminal acetylenes is 1. The van der Waals surface area contributed by atoms with E-state index >= 15 is 0 Å². The largest absolute Gasteiger partial charge is 0.356 e. The van der Waals surface area contributed by atoms with Crippen molar-refractivity contribution < 1.29 is 4.79 Å². The first-order chi connectivity index (χ1) is 11.7. The molecule has 2 rings (SSSR count). The number of unbranched alkanes of at least 4 members (excludes halogenated alkanes) is 1. The minimum atomic E-state index is 0.0321. The van der Waals surface area contributed by atoms with E-state index in [1.54, 1.807) is 0 Å². The van der Waals surface area contributed by atoms with Gasteiger partial charge in [0.25, 0.3) is 0 Å². The maximum absolute atomic E-state index is 11.9. The molecule has 0 saturated heterocycles. The topological polar surface area (TPSA) is 32.3 Å². The predicted octanol–water partition coefficient (Wildman–Crippen LogP) is 3.11. The molecule has 24 heavy (non-hydrogen) atoms. The van der Waals surface area contributed by atoms with Crippen molar-refractivity contribution in [3.8, 4) is 12.3 Å². The summed E-state index contributed by atoms with van der Waals surface area (Å²) in [5, 5.41) is 2.99. The van der Waals surface area contributed by atoms with Crippen LogP contribution in [0.15, 0.2) is 11.6 Å². The molecule has 0 spiro atoms. The normalized spacial score (nSPS) is 21.5. The lowest BCUT2D eigenvalue weighted by Crippen LogP contribution is -2.38. The van der Waals surface area contributed by atoms with Crippen molar-refractivity contribution in [2.75, 3.05) is 19.6 Å². The second kappa shape index (κ2) is 10.6. The maximum Gasteiger partial charge on any atom is 0.227 e. The van der Waals surface area contributed by atoms with Gasteiger partial charge in [-0.15, -0.1) is 6.42 Å². The Labute approximate surface area is 148 Å². The van der Waals surface area contributed by atoms with Crippen LogP contribution in [0.2, 0.25) is 0 Å². The Balaban J connectivity index is 1.63. The fraction of sp³-hybridized carbons (Fsp3) is 0.524. The number of nitrogens with one attached hydrogen (secondary N) is 1. The van der Waals surface area contributed by atoms with E-state index in [4.69, 9.17) is 6.42 Å². The number of nitrogens with zero attached hydrogens (tertiary/aromatic N) is 1. The average molecular weight is 325 g/mol. The van der Waals surface area contributed by atoms with Gasteiger partial charge in [0, 0.05) is 12.6 Å². The molecule has 2 aliphatic carbocycles. The van der Waals surface area contributed by atoms with E-state index in [9.17, 15) is 4.79 Å². The second-order valence-electron chi connectivity index (χ2n) is 6.47. The highest BCUT2D eigenvalue weighted by Crippen LogP contribution is 2.23. The van der Waals surface area contributed by atoms with E-state index in [1.807, 2.05) is 25.7 Å².